The van der Waals surface area contributed by atoms with Crippen LogP contribution in [0.3, 0.4) is 0 Å². The lowest BCUT2D eigenvalue weighted by Crippen LogP contribution is -2.28. The Kier molecular flexibility index (Phi) is 35.1. The highest BCUT2D eigenvalue weighted by atomic mass is 16.6. The predicted octanol–water partition coefficient (Wildman–Crippen LogP) is 11.6. The van der Waals surface area contributed by atoms with Gasteiger partial charge in [-0.1, -0.05) is 158 Å². The summed E-state index contributed by atoms with van der Waals surface area (Å²) >= 11 is 0. The number of allylic oxidation sites excluding steroid dienone is 10. The van der Waals surface area contributed by atoms with Crippen molar-refractivity contribution in [1.82, 2.24) is 0 Å². The molecule has 0 unspecified atom stereocenters. The molecule has 0 aliphatic heterocycles. The van der Waals surface area contributed by atoms with E-state index in [4.69, 9.17) is 9.47 Å². The zero-order valence-electron chi connectivity index (χ0n) is 29.8. The molecular weight excluding hydrogens is 572 g/mol. The van der Waals surface area contributed by atoms with Crippen LogP contribution in [-0.4, -0.2) is 36.4 Å². The average Bonchev–Trinajstić information content (AvgIpc) is 3.06. The fraction of sp³-hybridized carbons (Fsp3) is 0.707. The third-order valence-electron chi connectivity index (χ3n) is 7.83. The van der Waals surface area contributed by atoms with Gasteiger partial charge in [-0.15, -0.1) is 0 Å². The van der Waals surface area contributed by atoms with Gasteiger partial charge in [-0.05, 0) is 57.8 Å². The molecule has 0 radical (unpaired) electrons. The summed E-state index contributed by atoms with van der Waals surface area (Å²) < 4.78 is 10.6. The maximum atomic E-state index is 12.1. The second-order valence-electron chi connectivity index (χ2n) is 12.3. The van der Waals surface area contributed by atoms with E-state index in [0.29, 0.717) is 12.8 Å². The van der Waals surface area contributed by atoms with Crippen molar-refractivity contribution >= 4 is 11.9 Å². The minimum Gasteiger partial charge on any atom is -0.462 e. The van der Waals surface area contributed by atoms with Crippen LogP contribution in [0.4, 0.5) is 0 Å². The Morgan fingerprint density at radius 1 is 0.522 bits per heavy atom. The number of aliphatic hydroxyl groups excluding tert-OH is 1. The minimum absolute atomic E-state index is 0.0836. The van der Waals surface area contributed by atoms with E-state index in [9.17, 15) is 14.7 Å². The standard InChI is InChI=1S/C41H70O5/c1-3-5-7-9-11-13-15-17-18-19-20-21-22-24-25-27-29-31-33-35-40(43)45-38-39(37-42)46-41(44)36-34-32-30-28-26-23-16-14-12-10-8-6-4-2/h5,7,11,13,17-18,20-21,24-25,39,42H,3-4,6,8-10,12,14-16,19,22-23,26-38H2,1-2H3/t39-/m0/s1. The molecule has 0 aromatic carbocycles. The Hall–Kier alpha value is -2.40. The average molecular weight is 643 g/mol. The second-order valence-corrected chi connectivity index (χ2v) is 12.3. The van der Waals surface area contributed by atoms with Crippen LogP contribution in [0.5, 0.6) is 0 Å². The van der Waals surface area contributed by atoms with E-state index >= 15 is 0 Å². The van der Waals surface area contributed by atoms with E-state index in [1.54, 1.807) is 0 Å². The quantitative estimate of drug-likeness (QED) is 0.0438. The van der Waals surface area contributed by atoms with Gasteiger partial charge in [-0.2, -0.15) is 0 Å². The lowest BCUT2D eigenvalue weighted by Gasteiger charge is -2.15. The summed E-state index contributed by atoms with van der Waals surface area (Å²) in [5.41, 5.74) is 0. The maximum Gasteiger partial charge on any atom is 0.306 e. The fourth-order valence-corrected chi connectivity index (χ4v) is 4.99. The Morgan fingerprint density at radius 2 is 0.935 bits per heavy atom. The number of rotatable bonds is 33. The van der Waals surface area contributed by atoms with Crippen molar-refractivity contribution < 1.29 is 24.2 Å². The lowest BCUT2D eigenvalue weighted by molar-refractivity contribution is -0.161. The van der Waals surface area contributed by atoms with E-state index < -0.39 is 6.10 Å². The van der Waals surface area contributed by atoms with Gasteiger partial charge in [0.2, 0.25) is 0 Å². The fourth-order valence-electron chi connectivity index (χ4n) is 4.99. The minimum atomic E-state index is -0.784. The van der Waals surface area contributed by atoms with Crippen molar-refractivity contribution in [1.29, 1.82) is 0 Å². The zero-order chi connectivity index (χ0) is 33.6. The van der Waals surface area contributed by atoms with Crippen LogP contribution < -0.4 is 0 Å². The van der Waals surface area contributed by atoms with Crippen LogP contribution in [0.15, 0.2) is 60.8 Å². The molecule has 0 aliphatic carbocycles. The number of carbonyl (C=O) groups is 2. The SMILES string of the molecule is CCC=CCC=CCC=CCC=CCC=CCCCCCC(=O)OC[C@H](CO)OC(=O)CCCCCCCCCCCCCCC. The van der Waals surface area contributed by atoms with Gasteiger partial charge in [0.05, 0.1) is 6.61 Å². The molecule has 0 bridgehead atoms. The summed E-state index contributed by atoms with van der Waals surface area (Å²) in [6, 6.07) is 0. The van der Waals surface area contributed by atoms with Gasteiger partial charge in [0.25, 0.3) is 0 Å². The van der Waals surface area contributed by atoms with Crippen LogP contribution in [0.25, 0.3) is 0 Å². The topological polar surface area (TPSA) is 72.8 Å². The maximum absolute atomic E-state index is 12.1. The molecule has 0 rings (SSSR count). The number of unbranched alkanes of at least 4 members (excludes halogenated alkanes) is 15. The molecule has 0 fully saturated rings. The number of ether oxygens (including phenoxy) is 2. The first kappa shape index (κ1) is 43.6. The zero-order valence-corrected chi connectivity index (χ0v) is 29.8. The van der Waals surface area contributed by atoms with Gasteiger partial charge in [0, 0.05) is 12.8 Å². The molecule has 1 N–H and O–H groups in total. The lowest BCUT2D eigenvalue weighted by atomic mass is 10.0. The van der Waals surface area contributed by atoms with Gasteiger partial charge < -0.3 is 14.6 Å². The molecular formula is C41H70O5. The van der Waals surface area contributed by atoms with Gasteiger partial charge in [-0.25, -0.2) is 0 Å². The molecule has 0 aliphatic rings. The van der Waals surface area contributed by atoms with Gasteiger partial charge in [-0.3, -0.25) is 9.59 Å². The van der Waals surface area contributed by atoms with Crippen molar-refractivity contribution in [2.45, 2.75) is 174 Å². The number of hydrogen-bond acceptors (Lipinski definition) is 5. The summed E-state index contributed by atoms with van der Waals surface area (Å²) in [6.45, 7) is 3.98. The van der Waals surface area contributed by atoms with E-state index in [0.717, 1.165) is 77.0 Å². The smallest absolute Gasteiger partial charge is 0.306 e. The van der Waals surface area contributed by atoms with Crippen molar-refractivity contribution in [3.8, 4) is 0 Å². The number of carbonyl (C=O) groups excluding carboxylic acids is 2. The summed E-state index contributed by atoms with van der Waals surface area (Å²) in [7, 11) is 0. The molecule has 1 atom stereocenters. The summed E-state index contributed by atoms with van der Waals surface area (Å²) in [4.78, 5) is 24.2. The summed E-state index contributed by atoms with van der Waals surface area (Å²) in [5.74, 6) is -0.630. The number of hydrogen-bond donors (Lipinski definition) is 1. The molecule has 5 heteroatoms. The van der Waals surface area contributed by atoms with E-state index in [1.165, 1.54) is 64.2 Å². The Bertz CT molecular complexity index is 823. The Labute approximate surface area is 283 Å². The third kappa shape index (κ3) is 34.5. The number of aliphatic hydroxyl groups is 1. The predicted molar refractivity (Wildman–Crippen MR) is 196 cm³/mol. The van der Waals surface area contributed by atoms with E-state index in [1.807, 2.05) is 0 Å². The molecule has 264 valence electrons. The van der Waals surface area contributed by atoms with Crippen molar-refractivity contribution in [2.24, 2.45) is 0 Å². The molecule has 46 heavy (non-hydrogen) atoms. The van der Waals surface area contributed by atoms with E-state index in [-0.39, 0.29) is 25.2 Å². The van der Waals surface area contributed by atoms with Crippen molar-refractivity contribution in [2.75, 3.05) is 13.2 Å². The van der Waals surface area contributed by atoms with Gasteiger partial charge >= 0.3 is 11.9 Å². The first-order valence-electron chi connectivity index (χ1n) is 18.8. The molecule has 0 heterocycles. The monoisotopic (exact) mass is 643 g/mol. The molecule has 0 saturated heterocycles. The van der Waals surface area contributed by atoms with Crippen LogP contribution in [0, 0.1) is 0 Å². The largest absolute Gasteiger partial charge is 0.462 e. The third-order valence-corrected chi connectivity index (χ3v) is 7.83. The normalized spacial score (nSPS) is 12.8. The van der Waals surface area contributed by atoms with Gasteiger partial charge in [0.1, 0.15) is 6.61 Å². The molecule has 0 amide bonds. The highest BCUT2D eigenvalue weighted by Crippen LogP contribution is 2.13. The Morgan fingerprint density at radius 3 is 1.41 bits per heavy atom. The van der Waals surface area contributed by atoms with Crippen molar-refractivity contribution in [3.63, 3.8) is 0 Å². The summed E-state index contributed by atoms with van der Waals surface area (Å²) in [6.07, 6.45) is 47.0. The van der Waals surface area contributed by atoms with Crippen LogP contribution >= 0.6 is 0 Å². The van der Waals surface area contributed by atoms with Gasteiger partial charge in [0.15, 0.2) is 6.10 Å². The van der Waals surface area contributed by atoms with E-state index in [2.05, 4.69) is 74.6 Å². The molecule has 0 saturated carbocycles. The highest BCUT2D eigenvalue weighted by Gasteiger charge is 2.16. The van der Waals surface area contributed by atoms with Crippen molar-refractivity contribution in [3.05, 3.63) is 60.8 Å². The Balaban J connectivity index is 3.65. The summed E-state index contributed by atoms with van der Waals surface area (Å²) in [5, 5.41) is 9.53. The second kappa shape index (κ2) is 37.1. The molecule has 0 aromatic heterocycles. The van der Waals surface area contributed by atoms with Crippen LogP contribution in [-0.2, 0) is 19.1 Å². The first-order chi connectivity index (χ1) is 22.6. The molecule has 0 spiro atoms. The molecule has 0 aromatic rings. The highest BCUT2D eigenvalue weighted by molar-refractivity contribution is 5.70. The van der Waals surface area contributed by atoms with Crippen LogP contribution in [0.1, 0.15) is 168 Å². The number of esters is 2. The van der Waals surface area contributed by atoms with Crippen LogP contribution in [0.2, 0.25) is 0 Å². The molecule has 5 nitrogen and oxygen atoms in total. The first-order valence-corrected chi connectivity index (χ1v) is 18.8.